The molecule has 2 N–H and O–H groups in total. The molecule has 32 heavy (non-hydrogen) atoms. The van der Waals surface area contributed by atoms with Gasteiger partial charge in [0.05, 0.1) is 16.0 Å². The van der Waals surface area contributed by atoms with Gasteiger partial charge in [0.25, 0.3) is 5.69 Å². The summed E-state index contributed by atoms with van der Waals surface area (Å²) in [6.07, 6.45) is 0. The SMILES string of the molecule is O=C(Nc1ccc(Oc2ccccc2)cc1)C1C2C(c3nc4cc([N+](=O)[O-])ccc4[nH]3)C12. The molecule has 1 aromatic heterocycles. The third-order valence-corrected chi connectivity index (χ3v) is 6.24. The van der Waals surface area contributed by atoms with Crippen LogP contribution in [0.5, 0.6) is 11.5 Å². The average Bonchev–Trinajstić information content (AvgIpc) is 3.66. The Morgan fingerprint density at radius 1 is 1.00 bits per heavy atom. The van der Waals surface area contributed by atoms with Crippen LogP contribution in [0.15, 0.2) is 72.8 Å². The first kappa shape index (κ1) is 18.6. The molecule has 1 amide bonds. The van der Waals surface area contributed by atoms with Crippen molar-refractivity contribution >= 4 is 28.3 Å². The van der Waals surface area contributed by atoms with Crippen molar-refractivity contribution in [2.45, 2.75) is 5.92 Å². The molecule has 2 unspecified atom stereocenters. The van der Waals surface area contributed by atoms with E-state index < -0.39 is 4.92 Å². The maximum Gasteiger partial charge on any atom is 0.271 e. The summed E-state index contributed by atoms with van der Waals surface area (Å²) < 4.78 is 5.77. The molecule has 4 aromatic rings. The Morgan fingerprint density at radius 2 is 1.72 bits per heavy atom. The number of anilines is 1. The second kappa shape index (κ2) is 6.91. The molecule has 8 nitrogen and oxygen atoms in total. The number of amides is 1. The van der Waals surface area contributed by atoms with E-state index in [9.17, 15) is 14.9 Å². The topological polar surface area (TPSA) is 110 Å². The van der Waals surface area contributed by atoms with Crippen molar-refractivity contribution in [1.29, 1.82) is 0 Å². The van der Waals surface area contributed by atoms with E-state index in [2.05, 4.69) is 15.3 Å². The number of ether oxygens (including phenoxy) is 1. The van der Waals surface area contributed by atoms with Gasteiger partial charge in [-0.15, -0.1) is 0 Å². The normalized spacial score (nSPS) is 22.8. The van der Waals surface area contributed by atoms with Gasteiger partial charge in [0.15, 0.2) is 0 Å². The minimum Gasteiger partial charge on any atom is -0.457 e. The molecule has 0 saturated heterocycles. The summed E-state index contributed by atoms with van der Waals surface area (Å²) in [5.41, 5.74) is 2.11. The highest BCUT2D eigenvalue weighted by molar-refractivity contribution is 5.96. The third-order valence-electron chi connectivity index (χ3n) is 6.24. The minimum absolute atomic E-state index is 0.0113. The number of aromatic amines is 1. The first-order chi connectivity index (χ1) is 15.6. The van der Waals surface area contributed by atoms with Crippen molar-refractivity contribution in [3.63, 3.8) is 0 Å². The fourth-order valence-corrected chi connectivity index (χ4v) is 4.48. The quantitative estimate of drug-likeness (QED) is 0.338. The van der Waals surface area contributed by atoms with E-state index in [1.54, 1.807) is 6.07 Å². The zero-order valence-corrected chi connectivity index (χ0v) is 16.8. The molecule has 0 bridgehead atoms. The van der Waals surface area contributed by atoms with Crippen LogP contribution >= 0.6 is 0 Å². The smallest absolute Gasteiger partial charge is 0.271 e. The van der Waals surface area contributed by atoms with Crippen LogP contribution in [0.1, 0.15) is 11.7 Å². The number of fused-ring (bicyclic) bond motifs is 2. The monoisotopic (exact) mass is 426 g/mol. The van der Waals surface area contributed by atoms with Gasteiger partial charge in [-0.3, -0.25) is 14.9 Å². The number of nitrogens with zero attached hydrogens (tertiary/aromatic N) is 2. The molecule has 0 aliphatic heterocycles. The van der Waals surface area contributed by atoms with E-state index in [-0.39, 0.29) is 35.3 Å². The van der Waals surface area contributed by atoms with Crippen LogP contribution in [-0.2, 0) is 4.79 Å². The summed E-state index contributed by atoms with van der Waals surface area (Å²) in [5, 5.41) is 13.9. The number of aromatic nitrogens is 2. The van der Waals surface area contributed by atoms with Crippen molar-refractivity contribution in [2.24, 2.45) is 17.8 Å². The summed E-state index contributed by atoms with van der Waals surface area (Å²) in [4.78, 5) is 30.9. The molecule has 2 atom stereocenters. The molecule has 158 valence electrons. The lowest BCUT2D eigenvalue weighted by Gasteiger charge is -2.11. The standard InChI is InChI=1S/C24H18N4O4/c29-24(25-13-6-9-16(10-7-13)32-15-4-2-1-3-5-15)22-19-20(22)21(19)23-26-17-11-8-14(28(30)31)12-18(17)27-23/h1-12,19-22H,(H,25,29)(H,26,27). The van der Waals surface area contributed by atoms with E-state index in [1.807, 2.05) is 54.6 Å². The zero-order chi connectivity index (χ0) is 21.8. The van der Waals surface area contributed by atoms with Crippen LogP contribution < -0.4 is 10.1 Å². The van der Waals surface area contributed by atoms with Crippen LogP contribution in [0.25, 0.3) is 11.0 Å². The molecular weight excluding hydrogens is 408 g/mol. The van der Waals surface area contributed by atoms with Crippen LogP contribution in [0.2, 0.25) is 0 Å². The van der Waals surface area contributed by atoms with E-state index in [0.717, 1.165) is 22.8 Å². The molecule has 0 radical (unpaired) electrons. The Balaban J connectivity index is 1.06. The number of nitro benzene ring substituents is 1. The summed E-state index contributed by atoms with van der Waals surface area (Å²) in [5.74, 6) is 3.06. The van der Waals surface area contributed by atoms with Crippen LogP contribution in [0, 0.1) is 27.9 Å². The molecular formula is C24H18N4O4. The number of rotatable bonds is 6. The van der Waals surface area contributed by atoms with Gasteiger partial charge in [-0.2, -0.15) is 0 Å². The fraction of sp³-hybridized carbons (Fsp3) is 0.167. The lowest BCUT2D eigenvalue weighted by Crippen LogP contribution is -2.20. The molecule has 2 fully saturated rings. The summed E-state index contributed by atoms with van der Waals surface area (Å²) >= 11 is 0. The number of carbonyl (C=O) groups excluding carboxylic acids is 1. The Kier molecular flexibility index (Phi) is 4.01. The van der Waals surface area contributed by atoms with Crippen molar-refractivity contribution in [3.8, 4) is 11.5 Å². The molecule has 2 saturated carbocycles. The molecule has 3 aromatic carbocycles. The first-order valence-corrected chi connectivity index (χ1v) is 10.4. The van der Waals surface area contributed by atoms with Gasteiger partial charge < -0.3 is 15.0 Å². The van der Waals surface area contributed by atoms with Crippen molar-refractivity contribution < 1.29 is 14.5 Å². The van der Waals surface area contributed by atoms with Gasteiger partial charge in [-0.1, -0.05) is 18.2 Å². The number of benzene rings is 3. The number of hydrogen-bond donors (Lipinski definition) is 2. The number of nitro groups is 1. The number of hydrogen-bond acceptors (Lipinski definition) is 5. The lowest BCUT2D eigenvalue weighted by atomic mass is 10.0. The first-order valence-electron chi connectivity index (χ1n) is 10.4. The number of non-ortho nitro benzene ring substituents is 1. The van der Waals surface area contributed by atoms with Crippen LogP contribution in [0.3, 0.4) is 0 Å². The van der Waals surface area contributed by atoms with Crippen molar-refractivity contribution in [1.82, 2.24) is 9.97 Å². The van der Waals surface area contributed by atoms with Gasteiger partial charge in [0.2, 0.25) is 5.91 Å². The average molecular weight is 426 g/mol. The Bertz CT molecular complexity index is 1340. The van der Waals surface area contributed by atoms with Crippen LogP contribution in [-0.4, -0.2) is 20.8 Å². The highest BCUT2D eigenvalue weighted by Gasteiger charge is 2.77. The molecule has 0 spiro atoms. The molecule has 2 aliphatic rings. The predicted octanol–water partition coefficient (Wildman–Crippen LogP) is 4.86. The third kappa shape index (κ3) is 3.17. The van der Waals surface area contributed by atoms with Crippen molar-refractivity contribution in [3.05, 3.63) is 88.7 Å². The highest BCUT2D eigenvalue weighted by atomic mass is 16.6. The molecule has 6 rings (SSSR count). The van der Waals surface area contributed by atoms with E-state index in [4.69, 9.17) is 4.74 Å². The lowest BCUT2D eigenvalue weighted by molar-refractivity contribution is -0.384. The van der Waals surface area contributed by atoms with Gasteiger partial charge in [0.1, 0.15) is 17.3 Å². The second-order valence-corrected chi connectivity index (χ2v) is 8.22. The van der Waals surface area contributed by atoms with Gasteiger partial charge in [0, 0.05) is 29.7 Å². The highest BCUT2D eigenvalue weighted by Crippen LogP contribution is 2.77. The molecule has 2 aliphatic carbocycles. The Morgan fingerprint density at radius 3 is 2.44 bits per heavy atom. The van der Waals surface area contributed by atoms with Crippen molar-refractivity contribution in [2.75, 3.05) is 5.32 Å². The molecule has 1 heterocycles. The van der Waals surface area contributed by atoms with Gasteiger partial charge in [-0.25, -0.2) is 4.98 Å². The maximum atomic E-state index is 12.6. The zero-order valence-electron chi connectivity index (χ0n) is 16.8. The number of H-pyrrole nitrogens is 1. The molecule has 8 heteroatoms. The number of nitrogens with one attached hydrogen (secondary N) is 2. The Labute approximate surface area is 182 Å². The summed E-state index contributed by atoms with van der Waals surface area (Å²) in [6.45, 7) is 0. The summed E-state index contributed by atoms with van der Waals surface area (Å²) in [7, 11) is 0. The number of para-hydroxylation sites is 1. The number of imidazole rings is 1. The maximum absolute atomic E-state index is 12.6. The summed E-state index contributed by atoms with van der Waals surface area (Å²) in [6, 6.07) is 21.4. The van der Waals surface area contributed by atoms with Gasteiger partial charge in [-0.05, 0) is 54.3 Å². The fourth-order valence-electron chi connectivity index (χ4n) is 4.48. The van der Waals surface area contributed by atoms with E-state index in [1.165, 1.54) is 12.1 Å². The van der Waals surface area contributed by atoms with E-state index in [0.29, 0.717) is 11.3 Å². The Hall–Kier alpha value is -4.20. The number of carbonyl (C=O) groups is 1. The van der Waals surface area contributed by atoms with Gasteiger partial charge >= 0.3 is 0 Å². The minimum atomic E-state index is -0.427. The van der Waals surface area contributed by atoms with Crippen LogP contribution in [0.4, 0.5) is 11.4 Å². The second-order valence-electron chi connectivity index (χ2n) is 8.22. The largest absolute Gasteiger partial charge is 0.457 e. The van der Waals surface area contributed by atoms with E-state index >= 15 is 0 Å². The predicted molar refractivity (Wildman–Crippen MR) is 118 cm³/mol.